The highest BCUT2D eigenvalue weighted by Crippen LogP contribution is 2.25. The number of hydrogen-bond acceptors (Lipinski definition) is 4. The van der Waals surface area contributed by atoms with Gasteiger partial charge in [-0.25, -0.2) is 4.98 Å². The zero-order chi connectivity index (χ0) is 20.9. The van der Waals surface area contributed by atoms with Crippen LogP contribution in [0.4, 0.5) is 14.5 Å². The number of rotatable bonds is 7. The minimum absolute atomic E-state index is 0.0330. The van der Waals surface area contributed by atoms with E-state index in [1.165, 1.54) is 36.0 Å². The number of carbonyl (C=O) groups excluding carboxylic acids is 1. The maximum absolute atomic E-state index is 12.8. The molecule has 4 rings (SSSR count). The molecule has 0 saturated carbocycles. The van der Waals surface area contributed by atoms with Crippen LogP contribution in [0, 0.1) is 0 Å². The molecule has 2 N–H and O–H groups in total. The molecular formula is C22H17F2N3O2S. The summed E-state index contributed by atoms with van der Waals surface area (Å²) in [5, 5.41) is 3.56. The molecule has 0 aliphatic heterocycles. The van der Waals surface area contributed by atoms with Crippen LogP contribution in [-0.2, 0) is 5.75 Å². The number of nitrogens with zero attached hydrogens (tertiary/aromatic N) is 1. The molecular weight excluding hydrogens is 408 g/mol. The Morgan fingerprint density at radius 1 is 1.03 bits per heavy atom. The van der Waals surface area contributed by atoms with Gasteiger partial charge in [-0.15, -0.1) is 0 Å². The number of aromatic nitrogens is 2. The fraction of sp³-hybridized carbons (Fsp3) is 0.0909. The predicted octanol–water partition coefficient (Wildman–Crippen LogP) is 5.71. The number of hydrogen-bond donors (Lipinski definition) is 2. The molecule has 0 aliphatic rings. The average molecular weight is 425 g/mol. The lowest BCUT2D eigenvalue weighted by Gasteiger charge is -2.10. The summed E-state index contributed by atoms with van der Waals surface area (Å²) in [6.45, 7) is -2.89. The van der Waals surface area contributed by atoms with Crippen molar-refractivity contribution in [3.8, 4) is 5.75 Å². The van der Waals surface area contributed by atoms with Gasteiger partial charge < -0.3 is 15.0 Å². The number of alkyl halides is 2. The molecule has 0 fully saturated rings. The Kier molecular flexibility index (Phi) is 5.94. The highest BCUT2D eigenvalue weighted by molar-refractivity contribution is 7.98. The fourth-order valence-corrected chi connectivity index (χ4v) is 3.82. The van der Waals surface area contributed by atoms with Crippen molar-refractivity contribution in [1.29, 1.82) is 0 Å². The van der Waals surface area contributed by atoms with Crippen molar-refractivity contribution >= 4 is 34.4 Å². The number of ether oxygens (including phenoxy) is 1. The number of imidazole rings is 1. The lowest BCUT2D eigenvalue weighted by Crippen LogP contribution is -2.14. The number of amides is 1. The molecule has 30 heavy (non-hydrogen) atoms. The second-order valence-corrected chi connectivity index (χ2v) is 7.33. The Hall–Kier alpha value is -3.39. The van der Waals surface area contributed by atoms with Crippen LogP contribution in [0.1, 0.15) is 15.9 Å². The Bertz CT molecular complexity index is 1130. The van der Waals surface area contributed by atoms with Crippen LogP contribution in [0.5, 0.6) is 5.75 Å². The predicted molar refractivity (Wildman–Crippen MR) is 113 cm³/mol. The normalized spacial score (nSPS) is 11.0. The molecule has 3 aromatic carbocycles. The zero-order valence-corrected chi connectivity index (χ0v) is 16.5. The van der Waals surface area contributed by atoms with Gasteiger partial charge in [0.1, 0.15) is 5.75 Å². The van der Waals surface area contributed by atoms with Crippen LogP contribution < -0.4 is 10.1 Å². The largest absolute Gasteiger partial charge is 0.435 e. The van der Waals surface area contributed by atoms with E-state index in [-0.39, 0.29) is 11.7 Å². The van der Waals surface area contributed by atoms with Crippen LogP contribution in [0.2, 0.25) is 0 Å². The molecule has 4 aromatic rings. The summed E-state index contributed by atoms with van der Waals surface area (Å²) in [7, 11) is 0. The molecule has 0 unspecified atom stereocenters. The molecule has 0 atom stereocenters. The topological polar surface area (TPSA) is 67.0 Å². The SMILES string of the molecule is O=C(Nc1ccc(OC(F)F)cc1)c1ccccc1CSc1nc2ccccc2[nH]1. The van der Waals surface area contributed by atoms with E-state index in [0.29, 0.717) is 17.0 Å². The van der Waals surface area contributed by atoms with E-state index in [1.807, 2.05) is 36.4 Å². The number of aromatic amines is 1. The van der Waals surface area contributed by atoms with Crippen LogP contribution in [0.3, 0.4) is 0 Å². The first-order chi connectivity index (χ1) is 14.6. The number of H-pyrrole nitrogens is 1. The number of thioether (sulfide) groups is 1. The summed E-state index contributed by atoms with van der Waals surface area (Å²) in [5.74, 6) is 0.314. The summed E-state index contributed by atoms with van der Waals surface area (Å²) in [4.78, 5) is 20.6. The third kappa shape index (κ3) is 4.77. The smallest absolute Gasteiger partial charge is 0.387 e. The van der Waals surface area contributed by atoms with Crippen LogP contribution in [0.15, 0.2) is 78.0 Å². The Balaban J connectivity index is 1.44. The molecule has 1 heterocycles. The molecule has 152 valence electrons. The molecule has 1 aromatic heterocycles. The van der Waals surface area contributed by atoms with Gasteiger partial charge in [0, 0.05) is 17.0 Å². The van der Waals surface area contributed by atoms with Crippen molar-refractivity contribution in [2.24, 2.45) is 0 Å². The maximum atomic E-state index is 12.8. The van der Waals surface area contributed by atoms with Crippen molar-refractivity contribution in [3.05, 3.63) is 83.9 Å². The van der Waals surface area contributed by atoms with Gasteiger partial charge in [-0.3, -0.25) is 4.79 Å². The third-order valence-electron chi connectivity index (χ3n) is 4.33. The van der Waals surface area contributed by atoms with E-state index in [4.69, 9.17) is 0 Å². The first-order valence-electron chi connectivity index (χ1n) is 9.10. The Labute approximate surface area is 175 Å². The van der Waals surface area contributed by atoms with Crippen LogP contribution >= 0.6 is 11.8 Å². The lowest BCUT2D eigenvalue weighted by atomic mass is 10.1. The van der Waals surface area contributed by atoms with E-state index in [2.05, 4.69) is 20.0 Å². The zero-order valence-electron chi connectivity index (χ0n) is 15.6. The highest BCUT2D eigenvalue weighted by Gasteiger charge is 2.13. The molecule has 5 nitrogen and oxygen atoms in total. The summed E-state index contributed by atoms with van der Waals surface area (Å²) in [5.41, 5.74) is 3.74. The average Bonchev–Trinajstić information content (AvgIpc) is 3.16. The maximum Gasteiger partial charge on any atom is 0.387 e. The summed E-state index contributed by atoms with van der Waals surface area (Å²) in [6, 6.07) is 20.9. The second kappa shape index (κ2) is 8.96. The first kappa shape index (κ1) is 19.9. The fourth-order valence-electron chi connectivity index (χ4n) is 2.93. The number of benzene rings is 3. The van der Waals surface area contributed by atoms with Crippen molar-refractivity contribution in [2.45, 2.75) is 17.5 Å². The number of fused-ring (bicyclic) bond motifs is 1. The van der Waals surface area contributed by atoms with Gasteiger partial charge in [-0.05, 0) is 48.0 Å². The minimum atomic E-state index is -2.89. The van der Waals surface area contributed by atoms with Gasteiger partial charge in [-0.2, -0.15) is 8.78 Å². The number of anilines is 1. The number of carbonyl (C=O) groups is 1. The van der Waals surface area contributed by atoms with E-state index >= 15 is 0 Å². The van der Waals surface area contributed by atoms with Gasteiger partial charge in [0.2, 0.25) is 0 Å². The van der Waals surface area contributed by atoms with Gasteiger partial charge >= 0.3 is 6.61 Å². The number of para-hydroxylation sites is 2. The van der Waals surface area contributed by atoms with Gasteiger partial charge in [-0.1, -0.05) is 42.1 Å². The van der Waals surface area contributed by atoms with E-state index in [1.54, 1.807) is 12.1 Å². The molecule has 0 saturated heterocycles. The number of halogens is 2. The minimum Gasteiger partial charge on any atom is -0.435 e. The highest BCUT2D eigenvalue weighted by atomic mass is 32.2. The van der Waals surface area contributed by atoms with Crippen molar-refractivity contribution < 1.29 is 18.3 Å². The molecule has 0 spiro atoms. The summed E-state index contributed by atoms with van der Waals surface area (Å²) >= 11 is 1.51. The number of nitrogens with one attached hydrogen (secondary N) is 2. The van der Waals surface area contributed by atoms with Gasteiger partial charge in [0.15, 0.2) is 5.16 Å². The molecule has 0 bridgehead atoms. The standard InChI is InChI=1S/C22H17F2N3O2S/c23-21(24)29-16-11-9-15(10-12-16)25-20(28)17-6-2-1-5-14(17)13-30-22-26-18-7-3-4-8-19(18)27-22/h1-12,21H,13H2,(H,25,28)(H,26,27). The lowest BCUT2D eigenvalue weighted by molar-refractivity contribution is -0.0498. The molecule has 0 aliphatic carbocycles. The van der Waals surface area contributed by atoms with Gasteiger partial charge in [0.05, 0.1) is 11.0 Å². The van der Waals surface area contributed by atoms with Gasteiger partial charge in [0.25, 0.3) is 5.91 Å². The van der Waals surface area contributed by atoms with Crippen LogP contribution in [0.25, 0.3) is 11.0 Å². The molecule has 1 amide bonds. The Morgan fingerprint density at radius 3 is 2.53 bits per heavy atom. The Morgan fingerprint density at radius 2 is 1.77 bits per heavy atom. The van der Waals surface area contributed by atoms with Crippen molar-refractivity contribution in [2.75, 3.05) is 5.32 Å². The van der Waals surface area contributed by atoms with E-state index < -0.39 is 6.61 Å². The van der Waals surface area contributed by atoms with Crippen LogP contribution in [-0.4, -0.2) is 22.5 Å². The first-order valence-corrected chi connectivity index (χ1v) is 10.1. The summed E-state index contributed by atoms with van der Waals surface area (Å²) < 4.78 is 28.8. The monoisotopic (exact) mass is 425 g/mol. The molecule has 0 radical (unpaired) electrons. The van der Waals surface area contributed by atoms with Crippen molar-refractivity contribution in [1.82, 2.24) is 9.97 Å². The summed E-state index contributed by atoms with van der Waals surface area (Å²) in [6.07, 6.45) is 0. The third-order valence-corrected chi connectivity index (χ3v) is 5.25. The molecule has 8 heteroatoms. The second-order valence-electron chi connectivity index (χ2n) is 6.36. The van der Waals surface area contributed by atoms with E-state index in [9.17, 15) is 13.6 Å². The van der Waals surface area contributed by atoms with Crippen molar-refractivity contribution in [3.63, 3.8) is 0 Å². The van der Waals surface area contributed by atoms with E-state index in [0.717, 1.165) is 21.8 Å². The quantitative estimate of drug-likeness (QED) is 0.372.